The Bertz CT molecular complexity index is 509. The summed E-state index contributed by atoms with van der Waals surface area (Å²) in [4.78, 5) is 25.2. The first-order chi connectivity index (χ1) is 9.52. The van der Waals surface area contributed by atoms with Gasteiger partial charge in [0, 0.05) is 10.9 Å². The zero-order valence-electron chi connectivity index (χ0n) is 11.9. The monoisotopic (exact) mass is 295 g/mol. The number of carboxylic acids is 1. The van der Waals surface area contributed by atoms with Crippen molar-refractivity contribution in [3.63, 3.8) is 0 Å². The summed E-state index contributed by atoms with van der Waals surface area (Å²) in [6, 6.07) is 1.72. The van der Waals surface area contributed by atoms with Crippen molar-refractivity contribution >= 4 is 23.2 Å². The van der Waals surface area contributed by atoms with Crippen molar-refractivity contribution in [3.05, 3.63) is 21.4 Å². The normalized spacial score (nSPS) is 21.9. The smallest absolute Gasteiger partial charge is 0.308 e. The molecule has 0 spiro atoms. The summed E-state index contributed by atoms with van der Waals surface area (Å²) in [5, 5.41) is 12.0. The molecule has 5 heteroatoms. The highest BCUT2D eigenvalue weighted by molar-refractivity contribution is 7.14. The van der Waals surface area contributed by atoms with Gasteiger partial charge in [-0.25, -0.2) is 0 Å². The number of rotatable bonds is 5. The lowest BCUT2D eigenvalue weighted by Crippen LogP contribution is -2.39. The van der Waals surface area contributed by atoms with E-state index < -0.39 is 11.9 Å². The quantitative estimate of drug-likeness (QED) is 0.877. The molecule has 0 aliphatic heterocycles. The molecule has 1 saturated carbocycles. The zero-order valence-corrected chi connectivity index (χ0v) is 12.8. The molecule has 2 atom stereocenters. The van der Waals surface area contributed by atoms with Gasteiger partial charge in [0.15, 0.2) is 0 Å². The van der Waals surface area contributed by atoms with Crippen molar-refractivity contribution in [1.82, 2.24) is 5.32 Å². The van der Waals surface area contributed by atoms with Crippen molar-refractivity contribution in [2.45, 2.75) is 52.0 Å². The van der Waals surface area contributed by atoms with Gasteiger partial charge in [-0.2, -0.15) is 0 Å². The van der Waals surface area contributed by atoms with Crippen LogP contribution in [-0.4, -0.2) is 23.0 Å². The number of aryl methyl sites for hydroxylation is 2. The molecular formula is C15H21NO3S. The van der Waals surface area contributed by atoms with Crippen LogP contribution in [0.5, 0.6) is 0 Å². The maximum atomic E-state index is 12.2. The van der Waals surface area contributed by atoms with E-state index in [1.54, 1.807) is 0 Å². The third kappa shape index (κ3) is 3.20. The minimum Gasteiger partial charge on any atom is -0.481 e. The van der Waals surface area contributed by atoms with Crippen LogP contribution in [-0.2, 0) is 11.2 Å². The summed E-state index contributed by atoms with van der Waals surface area (Å²) < 4.78 is 0. The second-order valence-corrected chi connectivity index (χ2v) is 6.65. The van der Waals surface area contributed by atoms with Crippen LogP contribution < -0.4 is 5.32 Å². The van der Waals surface area contributed by atoms with Crippen molar-refractivity contribution in [2.24, 2.45) is 5.92 Å². The Morgan fingerprint density at radius 2 is 2.20 bits per heavy atom. The standard InChI is InChI=1S/C15H21NO3S/c1-3-5-10-8-13(20-9(10)2)14(17)16-12-7-4-6-11(12)15(18)19/h8,11-12H,3-7H2,1-2H3,(H,16,17)(H,18,19)/t11-,12+/m0/s1. The highest BCUT2D eigenvalue weighted by atomic mass is 32.1. The summed E-state index contributed by atoms with van der Waals surface area (Å²) >= 11 is 1.50. The Kier molecular flexibility index (Phi) is 4.81. The fourth-order valence-electron chi connectivity index (χ4n) is 2.82. The van der Waals surface area contributed by atoms with Gasteiger partial charge in [-0.05, 0) is 37.8 Å². The third-order valence-electron chi connectivity index (χ3n) is 3.91. The highest BCUT2D eigenvalue weighted by Crippen LogP contribution is 2.27. The van der Waals surface area contributed by atoms with Gasteiger partial charge < -0.3 is 10.4 Å². The number of carboxylic acid groups (broad SMARTS) is 1. The Morgan fingerprint density at radius 3 is 2.85 bits per heavy atom. The van der Waals surface area contributed by atoms with Crippen LogP contribution >= 0.6 is 11.3 Å². The van der Waals surface area contributed by atoms with Crippen molar-refractivity contribution in [3.8, 4) is 0 Å². The topological polar surface area (TPSA) is 66.4 Å². The average molecular weight is 295 g/mol. The van der Waals surface area contributed by atoms with Gasteiger partial charge in [0.2, 0.25) is 0 Å². The number of carbonyl (C=O) groups excluding carboxylic acids is 1. The largest absolute Gasteiger partial charge is 0.481 e. The van der Waals surface area contributed by atoms with Gasteiger partial charge in [-0.15, -0.1) is 11.3 Å². The van der Waals surface area contributed by atoms with Crippen molar-refractivity contribution in [1.29, 1.82) is 0 Å². The minimum atomic E-state index is -0.804. The highest BCUT2D eigenvalue weighted by Gasteiger charge is 2.34. The van der Waals surface area contributed by atoms with Gasteiger partial charge in [0.25, 0.3) is 5.91 Å². The number of aliphatic carboxylic acids is 1. The van der Waals surface area contributed by atoms with Crippen LogP contribution in [0.15, 0.2) is 6.07 Å². The second-order valence-electron chi connectivity index (χ2n) is 5.40. The SMILES string of the molecule is CCCc1cc(C(=O)N[C@@H]2CCC[C@@H]2C(=O)O)sc1C. The molecule has 0 saturated heterocycles. The van der Waals surface area contributed by atoms with Crippen LogP contribution in [0, 0.1) is 12.8 Å². The van der Waals surface area contributed by atoms with Gasteiger partial charge in [0.1, 0.15) is 0 Å². The molecule has 1 aliphatic rings. The molecule has 110 valence electrons. The number of amides is 1. The predicted molar refractivity (Wildman–Crippen MR) is 79.3 cm³/mol. The van der Waals surface area contributed by atoms with E-state index in [-0.39, 0.29) is 11.9 Å². The van der Waals surface area contributed by atoms with Crippen LogP contribution in [0.3, 0.4) is 0 Å². The Hall–Kier alpha value is -1.36. The molecule has 0 unspecified atom stereocenters. The molecule has 0 radical (unpaired) electrons. The molecule has 20 heavy (non-hydrogen) atoms. The number of hydrogen-bond acceptors (Lipinski definition) is 3. The first kappa shape index (κ1) is 15.0. The van der Waals surface area contributed by atoms with E-state index in [1.807, 2.05) is 13.0 Å². The maximum Gasteiger partial charge on any atom is 0.308 e. The first-order valence-electron chi connectivity index (χ1n) is 7.16. The van der Waals surface area contributed by atoms with E-state index in [0.717, 1.165) is 25.7 Å². The van der Waals surface area contributed by atoms with Gasteiger partial charge in [-0.3, -0.25) is 9.59 Å². The van der Waals surface area contributed by atoms with Crippen LogP contribution in [0.4, 0.5) is 0 Å². The van der Waals surface area contributed by atoms with Crippen molar-refractivity contribution in [2.75, 3.05) is 0 Å². The lowest BCUT2D eigenvalue weighted by atomic mass is 10.0. The van der Waals surface area contributed by atoms with E-state index in [0.29, 0.717) is 11.3 Å². The summed E-state index contributed by atoms with van der Waals surface area (Å²) in [7, 11) is 0. The second kappa shape index (κ2) is 6.39. The van der Waals surface area contributed by atoms with Crippen molar-refractivity contribution < 1.29 is 14.7 Å². The predicted octanol–water partition coefficient (Wildman–Crippen LogP) is 2.99. The number of hydrogen-bond donors (Lipinski definition) is 2. The van der Waals surface area contributed by atoms with E-state index in [2.05, 4.69) is 12.2 Å². The van der Waals surface area contributed by atoms with Crippen LogP contribution in [0.2, 0.25) is 0 Å². The lowest BCUT2D eigenvalue weighted by molar-refractivity contribution is -0.142. The van der Waals surface area contributed by atoms with E-state index in [4.69, 9.17) is 5.11 Å². The molecule has 1 aromatic rings. The molecule has 0 aromatic carbocycles. The van der Waals surface area contributed by atoms with Gasteiger partial charge >= 0.3 is 5.97 Å². The summed E-state index contributed by atoms with van der Waals surface area (Å²) in [6.07, 6.45) is 4.32. The average Bonchev–Trinajstić information content (AvgIpc) is 2.97. The fourth-order valence-corrected chi connectivity index (χ4v) is 3.79. The maximum absolute atomic E-state index is 12.2. The molecule has 1 aromatic heterocycles. The van der Waals surface area contributed by atoms with E-state index in [9.17, 15) is 9.59 Å². The molecule has 0 bridgehead atoms. The fraction of sp³-hybridized carbons (Fsp3) is 0.600. The molecule has 2 rings (SSSR count). The number of thiophene rings is 1. The molecular weight excluding hydrogens is 274 g/mol. The van der Waals surface area contributed by atoms with E-state index in [1.165, 1.54) is 21.8 Å². The first-order valence-corrected chi connectivity index (χ1v) is 7.97. The molecule has 2 N–H and O–H groups in total. The summed E-state index contributed by atoms with van der Waals surface area (Å²) in [6.45, 7) is 4.15. The zero-order chi connectivity index (χ0) is 14.7. The molecule has 4 nitrogen and oxygen atoms in total. The minimum absolute atomic E-state index is 0.126. The summed E-state index contributed by atoms with van der Waals surface area (Å²) in [5.41, 5.74) is 1.23. The number of carbonyl (C=O) groups is 2. The number of nitrogens with one attached hydrogen (secondary N) is 1. The Balaban J connectivity index is 2.04. The molecule has 1 heterocycles. The third-order valence-corrected chi connectivity index (χ3v) is 5.00. The molecule has 1 aliphatic carbocycles. The molecule has 1 amide bonds. The summed E-state index contributed by atoms with van der Waals surface area (Å²) in [5.74, 6) is -1.37. The van der Waals surface area contributed by atoms with Gasteiger partial charge in [0.05, 0.1) is 10.8 Å². The Morgan fingerprint density at radius 1 is 1.45 bits per heavy atom. The van der Waals surface area contributed by atoms with E-state index >= 15 is 0 Å². The molecule has 1 fully saturated rings. The van der Waals surface area contributed by atoms with Gasteiger partial charge in [-0.1, -0.05) is 19.8 Å². The van der Waals surface area contributed by atoms with Crippen LogP contribution in [0.25, 0.3) is 0 Å². The Labute approximate surface area is 123 Å². The van der Waals surface area contributed by atoms with Crippen LogP contribution in [0.1, 0.15) is 52.7 Å². The lowest BCUT2D eigenvalue weighted by Gasteiger charge is -2.16.